The lowest BCUT2D eigenvalue weighted by Crippen LogP contribution is -2.41. The molecule has 0 unspecified atom stereocenters. The molecule has 0 aromatic heterocycles. The van der Waals surface area contributed by atoms with Crippen molar-refractivity contribution in [1.82, 2.24) is 0 Å². The van der Waals surface area contributed by atoms with E-state index in [1.807, 2.05) is 24.3 Å². The van der Waals surface area contributed by atoms with Gasteiger partial charge in [-0.1, -0.05) is 18.2 Å². The first-order chi connectivity index (χ1) is 18.4. The minimum Gasteiger partial charge on any atom is -0.439 e. The summed E-state index contributed by atoms with van der Waals surface area (Å²) in [5.74, 6) is -0.262. The zero-order valence-corrected chi connectivity index (χ0v) is 20.2. The Kier molecular flexibility index (Phi) is 5.68. The Hall–Kier alpha value is -4.92. The summed E-state index contributed by atoms with van der Waals surface area (Å²) in [7, 11) is 0. The van der Waals surface area contributed by atoms with Crippen LogP contribution in [0, 0.1) is 11.2 Å². The van der Waals surface area contributed by atoms with Crippen molar-refractivity contribution >= 4 is 46.3 Å². The number of anilines is 2. The van der Waals surface area contributed by atoms with E-state index in [2.05, 4.69) is 15.0 Å². The summed E-state index contributed by atoms with van der Waals surface area (Å²) in [4.78, 5) is 40.6. The van der Waals surface area contributed by atoms with Crippen LogP contribution in [0.15, 0.2) is 100 Å². The minimum absolute atomic E-state index is 0.312. The van der Waals surface area contributed by atoms with Crippen LogP contribution < -0.4 is 15.4 Å². The van der Waals surface area contributed by atoms with Gasteiger partial charge in [0.25, 0.3) is 0 Å². The summed E-state index contributed by atoms with van der Waals surface area (Å²) >= 11 is 0. The number of para-hydroxylation sites is 1. The number of primary amides is 1. The first kappa shape index (κ1) is 23.5. The first-order valence-electron chi connectivity index (χ1n) is 12.1. The predicted molar refractivity (Wildman–Crippen MR) is 143 cm³/mol. The van der Waals surface area contributed by atoms with E-state index in [9.17, 15) is 14.0 Å². The molecule has 0 spiro atoms. The minimum atomic E-state index is -1.25. The number of carbonyl (C=O) groups excluding carboxylic acids is 2. The summed E-state index contributed by atoms with van der Waals surface area (Å²) in [6, 6.07) is 20.1. The van der Waals surface area contributed by atoms with Gasteiger partial charge >= 0.3 is 0 Å². The van der Waals surface area contributed by atoms with Gasteiger partial charge in [-0.15, -0.1) is 0 Å². The Morgan fingerprint density at radius 1 is 0.921 bits per heavy atom. The number of nitrogens with two attached hydrogens (primary N) is 1. The molecule has 0 atom stereocenters. The number of amidine groups is 1. The molecular weight excluding hydrogens is 485 g/mol. The summed E-state index contributed by atoms with van der Waals surface area (Å²) in [5.41, 5.74) is 7.92. The zero-order chi connectivity index (χ0) is 26.3. The van der Waals surface area contributed by atoms with Gasteiger partial charge in [0.15, 0.2) is 5.84 Å². The lowest BCUT2D eigenvalue weighted by Gasteiger charge is -2.26. The van der Waals surface area contributed by atoms with Crippen molar-refractivity contribution in [2.24, 2.45) is 26.1 Å². The van der Waals surface area contributed by atoms with Gasteiger partial charge in [-0.2, -0.15) is 4.99 Å². The van der Waals surface area contributed by atoms with Crippen molar-refractivity contribution in [1.29, 1.82) is 0 Å². The molecule has 1 aliphatic carbocycles. The summed E-state index contributed by atoms with van der Waals surface area (Å²) in [5, 5.41) is 0. The van der Waals surface area contributed by atoms with E-state index in [1.54, 1.807) is 36.5 Å². The molecule has 0 radical (unpaired) electrons. The molecule has 2 aliphatic heterocycles. The second kappa shape index (κ2) is 9.19. The number of carbonyl (C=O) groups is 2. The van der Waals surface area contributed by atoms with Gasteiger partial charge in [-0.25, -0.2) is 9.38 Å². The monoisotopic (exact) mass is 507 g/mol. The molecule has 3 aromatic carbocycles. The molecule has 1 fully saturated rings. The van der Waals surface area contributed by atoms with Crippen molar-refractivity contribution in [2.75, 3.05) is 4.90 Å². The van der Waals surface area contributed by atoms with Crippen LogP contribution >= 0.6 is 0 Å². The van der Waals surface area contributed by atoms with Crippen molar-refractivity contribution in [3.8, 4) is 5.75 Å². The molecule has 6 rings (SSSR count). The number of fused-ring (bicyclic) bond motifs is 2. The lowest BCUT2D eigenvalue weighted by atomic mass is 10.0. The molecule has 2 heterocycles. The molecule has 3 aliphatic rings. The van der Waals surface area contributed by atoms with Gasteiger partial charge in [0, 0.05) is 30.1 Å². The molecule has 2 amide bonds. The van der Waals surface area contributed by atoms with Gasteiger partial charge < -0.3 is 10.5 Å². The summed E-state index contributed by atoms with van der Waals surface area (Å²) in [6.07, 6.45) is 4.68. The Balaban J connectivity index is 1.28. The number of aliphatic imine (C=N–C) groups is 3. The van der Waals surface area contributed by atoms with Crippen LogP contribution in [-0.4, -0.2) is 29.3 Å². The van der Waals surface area contributed by atoms with E-state index in [0.717, 1.165) is 17.0 Å². The number of halogens is 1. The molecule has 38 heavy (non-hydrogen) atoms. The third-order valence-corrected chi connectivity index (χ3v) is 6.73. The Morgan fingerprint density at radius 2 is 1.61 bits per heavy atom. The van der Waals surface area contributed by atoms with Crippen LogP contribution in [0.2, 0.25) is 0 Å². The van der Waals surface area contributed by atoms with Crippen molar-refractivity contribution in [3.05, 3.63) is 96.5 Å². The average molecular weight is 508 g/mol. The molecule has 3 aromatic rings. The highest BCUT2D eigenvalue weighted by Crippen LogP contribution is 2.49. The quantitative estimate of drug-likeness (QED) is 0.502. The van der Waals surface area contributed by atoms with E-state index in [0.29, 0.717) is 48.1 Å². The number of nitrogens with zero attached hydrogens (tertiary/aromatic N) is 4. The molecule has 0 saturated heterocycles. The molecule has 1 saturated carbocycles. The van der Waals surface area contributed by atoms with E-state index >= 15 is 0 Å². The highest BCUT2D eigenvalue weighted by molar-refractivity contribution is 6.45. The predicted octanol–water partition coefficient (Wildman–Crippen LogP) is 4.79. The smallest absolute Gasteiger partial charge is 0.247 e. The van der Waals surface area contributed by atoms with Crippen LogP contribution in [0.25, 0.3) is 0 Å². The second-order valence-electron chi connectivity index (χ2n) is 9.24. The molecule has 2 N–H and O–H groups in total. The van der Waals surface area contributed by atoms with Crippen molar-refractivity contribution in [3.63, 3.8) is 0 Å². The fraction of sp³-hybridized carbons (Fsp3) is 0.138. The Morgan fingerprint density at radius 3 is 2.29 bits per heavy atom. The van der Waals surface area contributed by atoms with E-state index in [4.69, 9.17) is 10.5 Å². The first-order valence-corrected chi connectivity index (χ1v) is 12.1. The van der Waals surface area contributed by atoms with Crippen LogP contribution in [0.1, 0.15) is 18.4 Å². The van der Waals surface area contributed by atoms with Gasteiger partial charge in [-0.05, 0) is 73.0 Å². The maximum Gasteiger partial charge on any atom is 0.247 e. The maximum atomic E-state index is 13.6. The van der Waals surface area contributed by atoms with Crippen LogP contribution in [0.4, 0.5) is 21.5 Å². The topological polar surface area (TPSA) is 110 Å². The standard InChI is InChI=1S/C29H22FN5O3/c30-19-5-7-20(8-6-19)35(28(37)29(14-15-29)27(31)36)21-9-11-22(12-10-21)38-25-13-16-32-24-17-18-3-1-2-4-23(18)33-26(24)34-25/h1-13,16H,14-15,17H2,(H2,31,36). The molecule has 9 heteroatoms. The lowest BCUT2D eigenvalue weighted by molar-refractivity contribution is -0.133. The highest BCUT2D eigenvalue weighted by Gasteiger charge is 2.57. The number of hydrogen-bond acceptors (Lipinski definition) is 6. The molecule has 8 nitrogen and oxygen atoms in total. The van der Waals surface area contributed by atoms with E-state index in [-0.39, 0.29) is 0 Å². The maximum absolute atomic E-state index is 13.6. The van der Waals surface area contributed by atoms with Gasteiger partial charge in [0.1, 0.15) is 17.0 Å². The van der Waals surface area contributed by atoms with Gasteiger partial charge in [0.2, 0.25) is 17.7 Å². The fourth-order valence-corrected chi connectivity index (χ4v) is 4.45. The number of rotatable bonds is 5. The largest absolute Gasteiger partial charge is 0.439 e. The van der Waals surface area contributed by atoms with E-state index in [1.165, 1.54) is 29.2 Å². The number of hydrogen-bond donors (Lipinski definition) is 1. The number of amides is 2. The number of ether oxygens (including phenoxy) is 1. The Labute approximate surface area is 217 Å². The van der Waals surface area contributed by atoms with E-state index < -0.39 is 23.0 Å². The van der Waals surface area contributed by atoms with Crippen LogP contribution in [0.5, 0.6) is 5.75 Å². The highest BCUT2D eigenvalue weighted by atomic mass is 19.1. The third kappa shape index (κ3) is 4.28. The fourth-order valence-electron chi connectivity index (χ4n) is 4.45. The summed E-state index contributed by atoms with van der Waals surface area (Å²) < 4.78 is 19.6. The summed E-state index contributed by atoms with van der Waals surface area (Å²) in [6.45, 7) is 0. The third-order valence-electron chi connectivity index (χ3n) is 6.73. The normalized spacial score (nSPS) is 16.6. The second-order valence-corrected chi connectivity index (χ2v) is 9.24. The number of benzene rings is 3. The van der Waals surface area contributed by atoms with Gasteiger partial charge in [-0.3, -0.25) is 19.5 Å². The zero-order valence-electron chi connectivity index (χ0n) is 20.2. The Bertz CT molecular complexity index is 1570. The molecular formula is C29H22FN5O3. The van der Waals surface area contributed by atoms with Gasteiger partial charge in [0.05, 0.1) is 11.4 Å². The van der Waals surface area contributed by atoms with Crippen molar-refractivity contribution < 1.29 is 18.7 Å². The average Bonchev–Trinajstić information content (AvgIpc) is 3.75. The molecule has 188 valence electrons. The van der Waals surface area contributed by atoms with Crippen LogP contribution in [-0.2, 0) is 16.0 Å². The molecule has 0 bridgehead atoms. The van der Waals surface area contributed by atoms with Crippen LogP contribution in [0.3, 0.4) is 0 Å². The van der Waals surface area contributed by atoms with Crippen molar-refractivity contribution in [2.45, 2.75) is 19.3 Å². The SMILES string of the molecule is NC(=O)C1(C(=O)N(c2ccc(F)cc2)c2ccc(OC3=NC4=Nc5ccccc5CC4=NC=C3)cc2)CC1.